The lowest BCUT2D eigenvalue weighted by Gasteiger charge is -2.46. The summed E-state index contributed by atoms with van der Waals surface area (Å²) in [5.74, 6) is 0.312. The van der Waals surface area contributed by atoms with Gasteiger partial charge in [-0.3, -0.25) is 19.4 Å². The molecular formula is C12H22N2O2. The van der Waals surface area contributed by atoms with E-state index in [4.69, 9.17) is 0 Å². The van der Waals surface area contributed by atoms with Gasteiger partial charge in [-0.05, 0) is 47.8 Å². The third-order valence-corrected chi connectivity index (χ3v) is 3.92. The number of hydrogen-bond donors (Lipinski definition) is 0. The molecule has 4 nitrogen and oxygen atoms in total. The molecule has 16 heavy (non-hydrogen) atoms. The van der Waals surface area contributed by atoms with E-state index in [1.54, 1.807) is 13.8 Å². The number of Topliss-reactive ketones (excluding diaryl/α,β-unsaturated/α-hetero) is 2. The highest BCUT2D eigenvalue weighted by Crippen LogP contribution is 2.31. The summed E-state index contributed by atoms with van der Waals surface area (Å²) in [6.07, 6.45) is 1.41. The molecule has 0 spiro atoms. The average molecular weight is 226 g/mol. The predicted molar refractivity (Wildman–Crippen MR) is 63.4 cm³/mol. The van der Waals surface area contributed by atoms with Crippen LogP contribution in [0.15, 0.2) is 0 Å². The summed E-state index contributed by atoms with van der Waals surface area (Å²) in [6.45, 7) is 4.03. The molecule has 0 bridgehead atoms. The van der Waals surface area contributed by atoms with Crippen LogP contribution in [-0.2, 0) is 9.59 Å². The van der Waals surface area contributed by atoms with Crippen molar-refractivity contribution in [1.82, 2.24) is 9.80 Å². The third-order valence-electron chi connectivity index (χ3n) is 3.92. The van der Waals surface area contributed by atoms with E-state index in [2.05, 4.69) is 0 Å². The van der Waals surface area contributed by atoms with Crippen LogP contribution in [0.25, 0.3) is 0 Å². The third kappa shape index (κ3) is 2.18. The van der Waals surface area contributed by atoms with Gasteiger partial charge in [0.25, 0.3) is 0 Å². The van der Waals surface area contributed by atoms with Crippen LogP contribution in [0.4, 0.5) is 0 Å². The molecule has 0 saturated carbocycles. The molecule has 0 aromatic rings. The fourth-order valence-corrected chi connectivity index (χ4v) is 2.59. The van der Waals surface area contributed by atoms with Gasteiger partial charge in [0.1, 0.15) is 11.6 Å². The lowest BCUT2D eigenvalue weighted by molar-refractivity contribution is -0.135. The molecule has 1 heterocycles. The first-order valence-electron chi connectivity index (χ1n) is 5.70. The highest BCUT2D eigenvalue weighted by atomic mass is 16.1. The van der Waals surface area contributed by atoms with Crippen molar-refractivity contribution in [2.45, 2.75) is 38.3 Å². The van der Waals surface area contributed by atoms with Crippen LogP contribution < -0.4 is 0 Å². The van der Waals surface area contributed by atoms with Crippen LogP contribution in [0, 0.1) is 0 Å². The fraction of sp³-hybridized carbons (Fsp3) is 0.833. The zero-order chi connectivity index (χ0) is 12.5. The highest BCUT2D eigenvalue weighted by molar-refractivity contribution is 5.89. The summed E-state index contributed by atoms with van der Waals surface area (Å²) < 4.78 is 0. The van der Waals surface area contributed by atoms with Crippen LogP contribution in [-0.4, -0.2) is 60.6 Å². The van der Waals surface area contributed by atoms with Crippen molar-refractivity contribution >= 4 is 11.6 Å². The van der Waals surface area contributed by atoms with E-state index in [-0.39, 0.29) is 17.6 Å². The quantitative estimate of drug-likeness (QED) is 0.705. The highest BCUT2D eigenvalue weighted by Gasteiger charge is 2.45. The van der Waals surface area contributed by atoms with E-state index in [0.29, 0.717) is 6.42 Å². The van der Waals surface area contributed by atoms with Gasteiger partial charge in [-0.2, -0.15) is 0 Å². The number of carbonyl (C=O) groups is 2. The van der Waals surface area contributed by atoms with Crippen molar-refractivity contribution in [3.05, 3.63) is 0 Å². The van der Waals surface area contributed by atoms with Gasteiger partial charge in [0.2, 0.25) is 0 Å². The van der Waals surface area contributed by atoms with Gasteiger partial charge in [0.05, 0.1) is 11.6 Å². The molecule has 92 valence electrons. The lowest BCUT2D eigenvalue weighted by atomic mass is 9.78. The van der Waals surface area contributed by atoms with Gasteiger partial charge in [0.15, 0.2) is 0 Å². The Kier molecular flexibility index (Phi) is 3.86. The first-order chi connectivity index (χ1) is 7.31. The molecule has 0 aromatic heterocycles. The molecule has 2 unspecified atom stereocenters. The second-order valence-corrected chi connectivity index (χ2v) is 5.04. The fourth-order valence-electron chi connectivity index (χ4n) is 2.59. The maximum atomic E-state index is 11.9. The summed E-state index contributed by atoms with van der Waals surface area (Å²) in [7, 11) is 5.79. The molecule has 0 amide bonds. The zero-order valence-corrected chi connectivity index (χ0v) is 10.9. The number of likely N-dealkylation sites (N-methyl/N-ethyl adjacent to an activating group) is 2. The maximum Gasteiger partial charge on any atom is 0.150 e. The molecule has 1 fully saturated rings. The van der Waals surface area contributed by atoms with Crippen LogP contribution >= 0.6 is 0 Å². The normalized spacial score (nSPS) is 31.8. The Morgan fingerprint density at radius 1 is 1.31 bits per heavy atom. The summed E-state index contributed by atoms with van der Waals surface area (Å²) in [4.78, 5) is 27.5. The van der Waals surface area contributed by atoms with E-state index >= 15 is 0 Å². The largest absolute Gasteiger partial charge is 0.298 e. The van der Waals surface area contributed by atoms with Crippen molar-refractivity contribution in [1.29, 1.82) is 0 Å². The van der Waals surface area contributed by atoms with E-state index in [1.165, 1.54) is 0 Å². The number of rotatable bonds is 3. The van der Waals surface area contributed by atoms with E-state index in [1.807, 2.05) is 30.9 Å². The number of piperidine rings is 1. The SMILES string of the molecule is CC(=O)C1CC(C(C)=O)(N(C)C)CCN1C. The summed E-state index contributed by atoms with van der Waals surface area (Å²) in [5.41, 5.74) is -0.456. The Morgan fingerprint density at radius 2 is 1.88 bits per heavy atom. The summed E-state index contributed by atoms with van der Waals surface area (Å²) in [5, 5.41) is 0. The van der Waals surface area contributed by atoms with Gasteiger partial charge >= 0.3 is 0 Å². The first kappa shape index (κ1) is 13.3. The molecule has 1 saturated heterocycles. The number of likely N-dealkylation sites (tertiary alicyclic amines) is 1. The van der Waals surface area contributed by atoms with Gasteiger partial charge in [-0.25, -0.2) is 0 Å². The summed E-state index contributed by atoms with van der Waals surface area (Å²) >= 11 is 0. The molecule has 1 rings (SSSR count). The minimum Gasteiger partial charge on any atom is -0.298 e. The van der Waals surface area contributed by atoms with Gasteiger partial charge < -0.3 is 0 Å². The Hall–Kier alpha value is -0.740. The minimum absolute atomic E-state index is 0.125. The Morgan fingerprint density at radius 3 is 2.25 bits per heavy atom. The van der Waals surface area contributed by atoms with Gasteiger partial charge in [-0.15, -0.1) is 0 Å². The molecular weight excluding hydrogens is 204 g/mol. The molecule has 4 heteroatoms. The monoisotopic (exact) mass is 226 g/mol. The zero-order valence-electron chi connectivity index (χ0n) is 10.9. The topological polar surface area (TPSA) is 40.6 Å². The van der Waals surface area contributed by atoms with Crippen molar-refractivity contribution < 1.29 is 9.59 Å². The Labute approximate surface area is 97.6 Å². The van der Waals surface area contributed by atoms with E-state index in [9.17, 15) is 9.59 Å². The van der Waals surface area contributed by atoms with Crippen LogP contribution in [0.5, 0.6) is 0 Å². The Bertz CT molecular complexity index is 301. The van der Waals surface area contributed by atoms with Crippen molar-refractivity contribution in [3.8, 4) is 0 Å². The van der Waals surface area contributed by atoms with Crippen LogP contribution in [0.2, 0.25) is 0 Å². The molecule has 0 aromatic carbocycles. The van der Waals surface area contributed by atoms with Gasteiger partial charge in [-0.1, -0.05) is 0 Å². The molecule has 0 aliphatic carbocycles. The number of carbonyl (C=O) groups excluding carboxylic acids is 2. The van der Waals surface area contributed by atoms with Crippen molar-refractivity contribution in [2.75, 3.05) is 27.7 Å². The second-order valence-electron chi connectivity index (χ2n) is 5.04. The van der Waals surface area contributed by atoms with Crippen molar-refractivity contribution in [3.63, 3.8) is 0 Å². The summed E-state index contributed by atoms with van der Waals surface area (Å²) in [6, 6.07) is -0.125. The first-order valence-corrected chi connectivity index (χ1v) is 5.70. The molecule has 1 aliphatic rings. The van der Waals surface area contributed by atoms with Crippen molar-refractivity contribution in [2.24, 2.45) is 0 Å². The number of hydrogen-bond acceptors (Lipinski definition) is 4. The van der Waals surface area contributed by atoms with Crippen LogP contribution in [0.3, 0.4) is 0 Å². The maximum absolute atomic E-state index is 11.9. The minimum atomic E-state index is -0.456. The van der Waals surface area contributed by atoms with E-state index < -0.39 is 5.54 Å². The van der Waals surface area contributed by atoms with Crippen LogP contribution in [0.1, 0.15) is 26.7 Å². The standard InChI is InChI=1S/C12H22N2O2/c1-9(15)11-8-12(10(2)16,13(3)4)6-7-14(11)5/h11H,6-8H2,1-5H3. The Balaban J connectivity index is 2.98. The molecule has 2 atom stereocenters. The average Bonchev–Trinajstić information content (AvgIpc) is 2.17. The molecule has 0 N–H and O–H groups in total. The van der Waals surface area contributed by atoms with Gasteiger partial charge in [0, 0.05) is 6.54 Å². The molecule has 1 aliphatic heterocycles. The second kappa shape index (κ2) is 4.63. The smallest absolute Gasteiger partial charge is 0.150 e. The molecule has 0 radical (unpaired) electrons. The lowest BCUT2D eigenvalue weighted by Crippen LogP contribution is -2.60. The number of ketones is 2. The number of nitrogens with zero attached hydrogens (tertiary/aromatic N) is 2. The van der Waals surface area contributed by atoms with E-state index in [0.717, 1.165) is 13.0 Å². The predicted octanol–water partition coefficient (Wildman–Crippen LogP) is 0.559.